The SMILES string of the molecule is COc1cc(N2CCN(CCC3CCOc4ccccc43)CC2)ccc1N. The summed E-state index contributed by atoms with van der Waals surface area (Å²) in [5.74, 6) is 2.46. The molecular weight excluding hydrogens is 338 g/mol. The molecule has 0 aromatic heterocycles. The van der Waals surface area contributed by atoms with Crippen LogP contribution in [-0.2, 0) is 0 Å². The fraction of sp³-hybridized carbons (Fsp3) is 0.455. The summed E-state index contributed by atoms with van der Waals surface area (Å²) in [6.07, 6.45) is 2.33. The third-order valence-corrected chi connectivity index (χ3v) is 5.83. The molecular formula is C22H29N3O2. The van der Waals surface area contributed by atoms with Gasteiger partial charge in [0.25, 0.3) is 0 Å². The lowest BCUT2D eigenvalue weighted by atomic mass is 9.90. The van der Waals surface area contributed by atoms with Gasteiger partial charge in [0.05, 0.1) is 19.4 Å². The van der Waals surface area contributed by atoms with Crippen molar-refractivity contribution in [1.82, 2.24) is 4.90 Å². The molecule has 4 rings (SSSR count). The maximum absolute atomic E-state index is 5.94. The molecule has 0 radical (unpaired) electrons. The van der Waals surface area contributed by atoms with E-state index in [9.17, 15) is 0 Å². The number of ether oxygens (including phenoxy) is 2. The molecule has 1 fully saturated rings. The highest BCUT2D eigenvalue weighted by Gasteiger charge is 2.23. The zero-order chi connectivity index (χ0) is 18.6. The molecule has 5 nitrogen and oxygen atoms in total. The molecule has 2 heterocycles. The third kappa shape index (κ3) is 3.98. The minimum atomic E-state index is 0.620. The topological polar surface area (TPSA) is 51.0 Å². The highest BCUT2D eigenvalue weighted by atomic mass is 16.5. The van der Waals surface area contributed by atoms with Crippen LogP contribution in [0, 0.1) is 0 Å². The number of para-hydroxylation sites is 1. The predicted molar refractivity (Wildman–Crippen MR) is 110 cm³/mol. The van der Waals surface area contributed by atoms with Crippen molar-refractivity contribution in [3.8, 4) is 11.5 Å². The number of methoxy groups -OCH3 is 1. The molecule has 0 spiro atoms. The molecule has 1 atom stereocenters. The minimum Gasteiger partial charge on any atom is -0.495 e. The minimum absolute atomic E-state index is 0.620. The lowest BCUT2D eigenvalue weighted by Crippen LogP contribution is -2.46. The average Bonchev–Trinajstić information content (AvgIpc) is 2.73. The summed E-state index contributed by atoms with van der Waals surface area (Å²) in [6, 6.07) is 14.6. The summed E-state index contributed by atoms with van der Waals surface area (Å²) in [5.41, 5.74) is 9.21. The fourth-order valence-electron chi connectivity index (χ4n) is 4.18. The van der Waals surface area contributed by atoms with Crippen molar-refractivity contribution in [2.75, 3.05) is 57.1 Å². The molecule has 1 saturated heterocycles. The summed E-state index contributed by atoms with van der Waals surface area (Å²) in [4.78, 5) is 5.01. The van der Waals surface area contributed by atoms with Crippen LogP contribution in [0.3, 0.4) is 0 Å². The number of nitrogens with zero attached hydrogens (tertiary/aromatic N) is 2. The van der Waals surface area contributed by atoms with Gasteiger partial charge in [-0.05, 0) is 49.1 Å². The molecule has 2 aliphatic rings. The van der Waals surface area contributed by atoms with E-state index in [1.54, 1.807) is 7.11 Å². The molecule has 2 aromatic carbocycles. The van der Waals surface area contributed by atoms with Crippen LogP contribution < -0.4 is 20.1 Å². The summed E-state index contributed by atoms with van der Waals surface area (Å²) in [5, 5.41) is 0. The summed E-state index contributed by atoms with van der Waals surface area (Å²) in [7, 11) is 1.67. The van der Waals surface area contributed by atoms with Gasteiger partial charge in [-0.1, -0.05) is 18.2 Å². The van der Waals surface area contributed by atoms with E-state index >= 15 is 0 Å². The molecule has 2 aromatic rings. The lowest BCUT2D eigenvalue weighted by molar-refractivity contribution is 0.223. The fourth-order valence-corrected chi connectivity index (χ4v) is 4.18. The number of nitrogen functional groups attached to an aromatic ring is 1. The van der Waals surface area contributed by atoms with Gasteiger partial charge in [-0.2, -0.15) is 0 Å². The van der Waals surface area contributed by atoms with Gasteiger partial charge in [-0.3, -0.25) is 4.90 Å². The maximum atomic E-state index is 5.94. The van der Waals surface area contributed by atoms with E-state index in [2.05, 4.69) is 40.1 Å². The van der Waals surface area contributed by atoms with Gasteiger partial charge in [-0.15, -0.1) is 0 Å². The van der Waals surface area contributed by atoms with Gasteiger partial charge in [0, 0.05) is 37.9 Å². The first-order valence-electron chi connectivity index (χ1n) is 9.87. The summed E-state index contributed by atoms with van der Waals surface area (Å²) in [6.45, 7) is 6.26. The zero-order valence-electron chi connectivity index (χ0n) is 16.1. The third-order valence-electron chi connectivity index (χ3n) is 5.83. The Labute approximate surface area is 161 Å². The van der Waals surface area contributed by atoms with Crippen molar-refractivity contribution >= 4 is 11.4 Å². The second kappa shape index (κ2) is 8.09. The Hall–Kier alpha value is -2.40. The van der Waals surface area contributed by atoms with Gasteiger partial charge < -0.3 is 20.1 Å². The van der Waals surface area contributed by atoms with E-state index in [4.69, 9.17) is 15.2 Å². The number of fused-ring (bicyclic) bond motifs is 1. The first kappa shape index (κ1) is 18.0. The Balaban J connectivity index is 1.30. The molecule has 1 unspecified atom stereocenters. The largest absolute Gasteiger partial charge is 0.495 e. The molecule has 5 heteroatoms. The highest BCUT2D eigenvalue weighted by Crippen LogP contribution is 2.35. The van der Waals surface area contributed by atoms with Gasteiger partial charge in [0.1, 0.15) is 11.5 Å². The molecule has 144 valence electrons. The van der Waals surface area contributed by atoms with Crippen molar-refractivity contribution in [3.05, 3.63) is 48.0 Å². The van der Waals surface area contributed by atoms with Crippen LogP contribution in [-0.4, -0.2) is 51.3 Å². The normalized spacial score (nSPS) is 20.0. The van der Waals surface area contributed by atoms with E-state index in [0.29, 0.717) is 11.6 Å². The Morgan fingerprint density at radius 1 is 1.11 bits per heavy atom. The monoisotopic (exact) mass is 367 g/mol. The molecule has 27 heavy (non-hydrogen) atoms. The first-order valence-corrected chi connectivity index (χ1v) is 9.87. The molecule has 0 aliphatic carbocycles. The number of rotatable bonds is 5. The van der Waals surface area contributed by atoms with Crippen LogP contribution in [0.4, 0.5) is 11.4 Å². The molecule has 2 N–H and O–H groups in total. The predicted octanol–water partition coefficient (Wildman–Crippen LogP) is 3.36. The number of anilines is 2. The quantitative estimate of drug-likeness (QED) is 0.822. The smallest absolute Gasteiger partial charge is 0.143 e. The Bertz CT molecular complexity index is 772. The van der Waals surface area contributed by atoms with Crippen LogP contribution in [0.1, 0.15) is 24.3 Å². The van der Waals surface area contributed by atoms with Crippen LogP contribution >= 0.6 is 0 Å². The summed E-state index contributed by atoms with van der Waals surface area (Å²) >= 11 is 0. The van der Waals surface area contributed by atoms with Crippen molar-refractivity contribution in [3.63, 3.8) is 0 Å². The van der Waals surface area contributed by atoms with E-state index in [-0.39, 0.29) is 0 Å². The molecule has 0 amide bonds. The van der Waals surface area contributed by atoms with Crippen LogP contribution in [0.5, 0.6) is 11.5 Å². The number of nitrogens with two attached hydrogens (primary N) is 1. The van der Waals surface area contributed by atoms with Gasteiger partial charge in [0.2, 0.25) is 0 Å². The van der Waals surface area contributed by atoms with Crippen LogP contribution in [0.15, 0.2) is 42.5 Å². The zero-order valence-corrected chi connectivity index (χ0v) is 16.1. The van der Waals surface area contributed by atoms with E-state index in [1.165, 1.54) is 17.7 Å². The second-order valence-electron chi connectivity index (χ2n) is 7.42. The molecule has 0 saturated carbocycles. The Kier molecular flexibility index (Phi) is 5.39. The van der Waals surface area contributed by atoms with E-state index in [1.807, 2.05) is 12.1 Å². The van der Waals surface area contributed by atoms with E-state index < -0.39 is 0 Å². The number of hydrogen-bond acceptors (Lipinski definition) is 5. The van der Waals surface area contributed by atoms with Crippen molar-refractivity contribution in [2.45, 2.75) is 18.8 Å². The van der Waals surface area contributed by atoms with Gasteiger partial charge >= 0.3 is 0 Å². The first-order chi connectivity index (χ1) is 13.2. The Morgan fingerprint density at radius 2 is 1.93 bits per heavy atom. The second-order valence-corrected chi connectivity index (χ2v) is 7.42. The number of piperazine rings is 1. The van der Waals surface area contributed by atoms with Crippen molar-refractivity contribution < 1.29 is 9.47 Å². The van der Waals surface area contributed by atoms with Gasteiger partial charge in [-0.25, -0.2) is 0 Å². The maximum Gasteiger partial charge on any atom is 0.143 e. The summed E-state index contributed by atoms with van der Waals surface area (Å²) < 4.78 is 11.2. The van der Waals surface area contributed by atoms with E-state index in [0.717, 1.165) is 57.3 Å². The average molecular weight is 367 g/mol. The van der Waals surface area contributed by atoms with Crippen LogP contribution in [0.25, 0.3) is 0 Å². The van der Waals surface area contributed by atoms with Crippen molar-refractivity contribution in [2.24, 2.45) is 0 Å². The number of hydrogen-bond donors (Lipinski definition) is 1. The molecule has 2 aliphatic heterocycles. The van der Waals surface area contributed by atoms with Gasteiger partial charge in [0.15, 0.2) is 0 Å². The lowest BCUT2D eigenvalue weighted by Gasteiger charge is -2.37. The highest BCUT2D eigenvalue weighted by molar-refractivity contribution is 5.62. The standard InChI is InChI=1S/C22H29N3O2/c1-26-22-16-18(6-7-20(22)23)25-13-11-24(12-14-25)10-8-17-9-15-27-21-5-3-2-4-19(17)21/h2-7,16-17H,8-15,23H2,1H3. The Morgan fingerprint density at radius 3 is 2.74 bits per heavy atom. The molecule has 0 bridgehead atoms. The van der Waals surface area contributed by atoms with Crippen molar-refractivity contribution in [1.29, 1.82) is 0 Å². The number of benzene rings is 2. The van der Waals surface area contributed by atoms with Crippen LogP contribution in [0.2, 0.25) is 0 Å².